The Hall–Kier alpha value is -3.58. The molecule has 0 bridgehead atoms. The summed E-state index contributed by atoms with van der Waals surface area (Å²) in [5.41, 5.74) is 3.79. The smallest absolute Gasteiger partial charge is 0.271 e. The third-order valence-corrected chi connectivity index (χ3v) is 6.12. The SMILES string of the molecule is CCc1ccc(-c2noc(Cn3cnc4cc(-c5ccccc5)sc4c3=O)n2)cc1. The molecule has 0 aliphatic heterocycles. The van der Waals surface area contributed by atoms with E-state index in [1.54, 1.807) is 0 Å². The van der Waals surface area contributed by atoms with Crippen molar-refractivity contribution in [3.8, 4) is 21.8 Å². The number of aryl methyl sites for hydroxylation is 1. The Bertz CT molecular complexity index is 1370. The topological polar surface area (TPSA) is 73.8 Å². The molecule has 0 fully saturated rings. The van der Waals surface area contributed by atoms with E-state index in [1.165, 1.54) is 27.8 Å². The Kier molecular flexibility index (Phi) is 4.72. The molecule has 0 unspecified atom stereocenters. The molecule has 30 heavy (non-hydrogen) atoms. The number of hydrogen-bond donors (Lipinski definition) is 0. The van der Waals surface area contributed by atoms with Crippen LogP contribution in [0.3, 0.4) is 0 Å². The molecule has 5 rings (SSSR count). The van der Waals surface area contributed by atoms with Gasteiger partial charge >= 0.3 is 0 Å². The highest BCUT2D eigenvalue weighted by Gasteiger charge is 2.14. The van der Waals surface area contributed by atoms with Gasteiger partial charge in [0.1, 0.15) is 11.2 Å². The van der Waals surface area contributed by atoms with Gasteiger partial charge in [-0.05, 0) is 23.6 Å². The van der Waals surface area contributed by atoms with Crippen LogP contribution in [0, 0.1) is 0 Å². The Morgan fingerprint density at radius 2 is 1.83 bits per heavy atom. The lowest BCUT2D eigenvalue weighted by molar-refractivity contribution is 0.369. The highest BCUT2D eigenvalue weighted by molar-refractivity contribution is 7.22. The summed E-state index contributed by atoms with van der Waals surface area (Å²) in [6.07, 6.45) is 2.51. The molecule has 3 heterocycles. The van der Waals surface area contributed by atoms with Crippen LogP contribution >= 0.6 is 11.3 Å². The van der Waals surface area contributed by atoms with E-state index in [2.05, 4.69) is 34.2 Å². The number of thiophene rings is 1. The van der Waals surface area contributed by atoms with Gasteiger partial charge in [-0.3, -0.25) is 9.36 Å². The van der Waals surface area contributed by atoms with E-state index < -0.39 is 0 Å². The van der Waals surface area contributed by atoms with E-state index >= 15 is 0 Å². The molecule has 0 atom stereocenters. The Morgan fingerprint density at radius 3 is 2.60 bits per heavy atom. The highest BCUT2D eigenvalue weighted by Crippen LogP contribution is 2.30. The summed E-state index contributed by atoms with van der Waals surface area (Å²) >= 11 is 1.44. The van der Waals surface area contributed by atoms with Gasteiger partial charge in [0, 0.05) is 10.4 Å². The summed E-state index contributed by atoms with van der Waals surface area (Å²) in [5.74, 6) is 0.880. The third-order valence-electron chi connectivity index (χ3n) is 4.96. The summed E-state index contributed by atoms with van der Waals surface area (Å²) in [6.45, 7) is 2.29. The van der Waals surface area contributed by atoms with Gasteiger partial charge < -0.3 is 4.52 Å². The van der Waals surface area contributed by atoms with E-state index in [0.29, 0.717) is 21.9 Å². The van der Waals surface area contributed by atoms with Crippen LogP contribution in [-0.2, 0) is 13.0 Å². The fraction of sp³-hybridized carbons (Fsp3) is 0.130. The first kappa shape index (κ1) is 18.4. The van der Waals surface area contributed by atoms with Crippen LogP contribution in [0.25, 0.3) is 32.0 Å². The quantitative estimate of drug-likeness (QED) is 0.414. The summed E-state index contributed by atoms with van der Waals surface area (Å²) < 4.78 is 7.50. The zero-order chi connectivity index (χ0) is 20.5. The first-order chi connectivity index (χ1) is 14.7. The lowest BCUT2D eigenvalue weighted by Crippen LogP contribution is -2.20. The third kappa shape index (κ3) is 3.44. The van der Waals surface area contributed by atoms with Crippen LogP contribution in [0.5, 0.6) is 0 Å². The van der Waals surface area contributed by atoms with Gasteiger partial charge in [-0.15, -0.1) is 11.3 Å². The molecule has 3 aromatic heterocycles. The number of aromatic nitrogens is 4. The van der Waals surface area contributed by atoms with E-state index in [4.69, 9.17) is 4.52 Å². The molecule has 7 heteroatoms. The average molecular weight is 414 g/mol. The maximum atomic E-state index is 13.0. The van der Waals surface area contributed by atoms with Crippen molar-refractivity contribution in [1.29, 1.82) is 0 Å². The largest absolute Gasteiger partial charge is 0.337 e. The predicted molar refractivity (Wildman–Crippen MR) is 118 cm³/mol. The number of nitrogens with zero attached hydrogens (tertiary/aromatic N) is 4. The molecule has 148 valence electrons. The Balaban J connectivity index is 1.43. The molecule has 5 aromatic rings. The van der Waals surface area contributed by atoms with Crippen molar-refractivity contribution in [2.24, 2.45) is 0 Å². The molecule has 0 aliphatic carbocycles. The molecule has 2 aromatic carbocycles. The van der Waals surface area contributed by atoms with Gasteiger partial charge in [0.15, 0.2) is 0 Å². The Morgan fingerprint density at radius 1 is 1.03 bits per heavy atom. The number of hydrogen-bond acceptors (Lipinski definition) is 6. The minimum Gasteiger partial charge on any atom is -0.337 e. The molecular weight excluding hydrogens is 396 g/mol. The standard InChI is InChI=1S/C23H18N4O2S/c1-2-15-8-10-17(11-9-15)22-25-20(29-26-22)13-27-14-24-18-12-19(30-21(18)23(27)28)16-6-4-3-5-7-16/h3-12,14H,2,13H2,1H3. The molecular formula is C23H18N4O2S. The molecule has 0 amide bonds. The van der Waals surface area contributed by atoms with E-state index in [0.717, 1.165) is 22.4 Å². The minimum absolute atomic E-state index is 0.112. The van der Waals surface area contributed by atoms with Gasteiger partial charge in [0.05, 0.1) is 11.8 Å². The maximum absolute atomic E-state index is 13.0. The second kappa shape index (κ2) is 7.68. The van der Waals surface area contributed by atoms with E-state index in [-0.39, 0.29) is 12.1 Å². The summed E-state index contributed by atoms with van der Waals surface area (Å²) in [7, 11) is 0. The predicted octanol–water partition coefficient (Wildman–Crippen LogP) is 4.79. The molecule has 0 saturated carbocycles. The Labute approximate surface area is 176 Å². The van der Waals surface area contributed by atoms with E-state index in [9.17, 15) is 4.79 Å². The molecule has 0 radical (unpaired) electrons. The molecule has 0 aliphatic rings. The monoisotopic (exact) mass is 414 g/mol. The van der Waals surface area contributed by atoms with Crippen molar-refractivity contribution < 1.29 is 4.52 Å². The first-order valence-corrected chi connectivity index (χ1v) is 10.5. The zero-order valence-electron chi connectivity index (χ0n) is 16.3. The lowest BCUT2D eigenvalue weighted by Gasteiger charge is -2.00. The zero-order valence-corrected chi connectivity index (χ0v) is 17.1. The van der Waals surface area contributed by atoms with Crippen LogP contribution in [0.1, 0.15) is 18.4 Å². The molecule has 0 spiro atoms. The number of fused-ring (bicyclic) bond motifs is 1. The second-order valence-corrected chi connectivity index (χ2v) is 7.98. The van der Waals surface area contributed by atoms with Crippen LogP contribution in [0.4, 0.5) is 0 Å². The van der Waals surface area contributed by atoms with Crippen molar-refractivity contribution in [3.63, 3.8) is 0 Å². The van der Waals surface area contributed by atoms with Crippen molar-refractivity contribution in [3.05, 3.63) is 88.8 Å². The van der Waals surface area contributed by atoms with Gasteiger partial charge in [0.2, 0.25) is 11.7 Å². The second-order valence-electron chi connectivity index (χ2n) is 6.93. The minimum atomic E-state index is -0.112. The average Bonchev–Trinajstić information content (AvgIpc) is 3.44. The van der Waals surface area contributed by atoms with Crippen LogP contribution in [0.15, 0.2) is 76.3 Å². The van der Waals surface area contributed by atoms with Crippen molar-refractivity contribution >= 4 is 21.6 Å². The van der Waals surface area contributed by atoms with Crippen LogP contribution in [0.2, 0.25) is 0 Å². The van der Waals surface area contributed by atoms with Gasteiger partial charge in [-0.1, -0.05) is 66.7 Å². The van der Waals surface area contributed by atoms with Crippen LogP contribution in [-0.4, -0.2) is 19.7 Å². The van der Waals surface area contributed by atoms with Crippen molar-refractivity contribution in [1.82, 2.24) is 19.7 Å². The van der Waals surface area contributed by atoms with Gasteiger partial charge in [0.25, 0.3) is 5.56 Å². The summed E-state index contributed by atoms with van der Waals surface area (Å²) in [4.78, 5) is 22.9. The van der Waals surface area contributed by atoms with Crippen LogP contribution < -0.4 is 5.56 Å². The molecule has 0 N–H and O–H groups in total. The van der Waals surface area contributed by atoms with Crippen molar-refractivity contribution in [2.45, 2.75) is 19.9 Å². The summed E-state index contributed by atoms with van der Waals surface area (Å²) in [5, 5.41) is 4.05. The maximum Gasteiger partial charge on any atom is 0.271 e. The van der Waals surface area contributed by atoms with Crippen molar-refractivity contribution in [2.75, 3.05) is 0 Å². The number of benzene rings is 2. The normalized spacial score (nSPS) is 11.2. The number of rotatable bonds is 5. The van der Waals surface area contributed by atoms with Gasteiger partial charge in [-0.2, -0.15) is 4.98 Å². The summed E-state index contributed by atoms with van der Waals surface area (Å²) in [6, 6.07) is 20.0. The van der Waals surface area contributed by atoms with E-state index in [1.807, 2.05) is 48.5 Å². The fourth-order valence-corrected chi connectivity index (χ4v) is 4.34. The highest BCUT2D eigenvalue weighted by atomic mass is 32.1. The first-order valence-electron chi connectivity index (χ1n) is 9.67. The molecule has 6 nitrogen and oxygen atoms in total. The van der Waals surface area contributed by atoms with Gasteiger partial charge in [-0.25, -0.2) is 4.98 Å². The molecule has 0 saturated heterocycles. The fourth-order valence-electron chi connectivity index (χ4n) is 3.27. The lowest BCUT2D eigenvalue weighted by atomic mass is 10.1.